The van der Waals surface area contributed by atoms with Crippen molar-refractivity contribution in [3.63, 3.8) is 0 Å². The fraction of sp³-hybridized carbons (Fsp3) is 0.167. The van der Waals surface area contributed by atoms with E-state index in [9.17, 15) is 9.59 Å². The second kappa shape index (κ2) is 5.39. The van der Waals surface area contributed by atoms with E-state index < -0.39 is 11.9 Å². The summed E-state index contributed by atoms with van der Waals surface area (Å²) in [6, 6.07) is 4.05. The van der Waals surface area contributed by atoms with Gasteiger partial charge in [-0.05, 0) is 19.1 Å². The number of aromatic nitrogens is 2. The van der Waals surface area contributed by atoms with Crippen molar-refractivity contribution in [1.82, 2.24) is 9.97 Å². The molecule has 0 aliphatic heterocycles. The molecule has 0 unspecified atom stereocenters. The van der Waals surface area contributed by atoms with Crippen LogP contribution in [0.25, 0.3) is 0 Å². The zero-order valence-electron chi connectivity index (χ0n) is 10.7. The first-order valence-electron chi connectivity index (χ1n) is 5.53. The number of methoxy groups -OCH3 is 1. The van der Waals surface area contributed by atoms with Gasteiger partial charge in [0, 0.05) is 11.8 Å². The number of aryl methyl sites for hydroxylation is 1. The van der Waals surface area contributed by atoms with Gasteiger partial charge in [0.2, 0.25) is 17.6 Å². The summed E-state index contributed by atoms with van der Waals surface area (Å²) in [5.41, 5.74) is 0.609. The Balaban J connectivity index is 2.18. The van der Waals surface area contributed by atoms with Gasteiger partial charge in [0.25, 0.3) is 5.91 Å². The maximum absolute atomic E-state index is 11.8. The quantitative estimate of drug-likeness (QED) is 0.866. The van der Waals surface area contributed by atoms with Crippen LogP contribution < -0.4 is 10.1 Å². The smallest absolute Gasteiger partial charge is 0.371 e. The number of hydrogen-bond acceptors (Lipinski definition) is 6. The number of hydrogen-bond donors (Lipinski definition) is 2. The number of aromatic carboxylic acids is 1. The van der Waals surface area contributed by atoms with Gasteiger partial charge < -0.3 is 14.3 Å². The van der Waals surface area contributed by atoms with Crippen LogP contribution >= 0.6 is 0 Å². The van der Waals surface area contributed by atoms with Gasteiger partial charge in [0.15, 0.2) is 5.76 Å². The molecule has 0 saturated heterocycles. The van der Waals surface area contributed by atoms with Crippen molar-refractivity contribution in [3.8, 4) is 5.88 Å². The van der Waals surface area contributed by atoms with Crippen molar-refractivity contribution in [3.05, 3.63) is 35.4 Å². The molecule has 104 valence electrons. The van der Waals surface area contributed by atoms with Gasteiger partial charge >= 0.3 is 5.97 Å². The molecule has 2 aromatic rings. The summed E-state index contributed by atoms with van der Waals surface area (Å²) < 4.78 is 9.82. The monoisotopic (exact) mass is 277 g/mol. The Kier molecular flexibility index (Phi) is 3.65. The van der Waals surface area contributed by atoms with E-state index in [1.165, 1.54) is 19.2 Å². The first-order chi connectivity index (χ1) is 9.49. The number of nitrogens with one attached hydrogen (secondary N) is 1. The summed E-state index contributed by atoms with van der Waals surface area (Å²) >= 11 is 0. The molecular weight excluding hydrogens is 266 g/mol. The molecular formula is C12H11N3O5. The third-order valence-corrected chi connectivity index (χ3v) is 2.31. The molecule has 0 aliphatic carbocycles. The largest absolute Gasteiger partial charge is 0.481 e. The SMILES string of the molecule is COc1cc(C)nc(NC(=O)c2ccc(C(=O)O)o2)n1. The van der Waals surface area contributed by atoms with E-state index in [0.717, 1.165) is 0 Å². The number of carboxylic acid groups (broad SMARTS) is 1. The minimum absolute atomic E-state index is 0.0418. The van der Waals surface area contributed by atoms with Crippen LogP contribution in [0, 0.1) is 6.92 Å². The van der Waals surface area contributed by atoms with E-state index in [2.05, 4.69) is 15.3 Å². The molecule has 0 aromatic carbocycles. The molecule has 0 spiro atoms. The molecule has 0 radical (unpaired) electrons. The van der Waals surface area contributed by atoms with Gasteiger partial charge in [0.1, 0.15) is 0 Å². The molecule has 1 amide bonds. The molecule has 0 atom stereocenters. The lowest BCUT2D eigenvalue weighted by atomic mass is 10.4. The number of anilines is 1. The van der Waals surface area contributed by atoms with Crippen molar-refractivity contribution in [2.75, 3.05) is 12.4 Å². The molecule has 2 heterocycles. The van der Waals surface area contributed by atoms with Gasteiger partial charge in [-0.3, -0.25) is 10.1 Å². The Morgan fingerprint density at radius 3 is 2.60 bits per heavy atom. The van der Waals surface area contributed by atoms with Crippen LogP contribution in [0.1, 0.15) is 26.8 Å². The highest BCUT2D eigenvalue weighted by Crippen LogP contribution is 2.13. The molecule has 2 N–H and O–H groups in total. The Morgan fingerprint density at radius 1 is 1.30 bits per heavy atom. The highest BCUT2D eigenvalue weighted by Gasteiger charge is 2.16. The van der Waals surface area contributed by atoms with Crippen molar-refractivity contribution >= 4 is 17.8 Å². The maximum Gasteiger partial charge on any atom is 0.371 e. The number of nitrogens with zero attached hydrogens (tertiary/aromatic N) is 2. The van der Waals surface area contributed by atoms with Crippen LogP contribution in [0.3, 0.4) is 0 Å². The number of ether oxygens (including phenoxy) is 1. The molecule has 0 bridgehead atoms. The summed E-state index contributed by atoms with van der Waals surface area (Å²) in [6.07, 6.45) is 0. The van der Waals surface area contributed by atoms with E-state index in [-0.39, 0.29) is 17.5 Å². The van der Waals surface area contributed by atoms with Gasteiger partial charge in [0.05, 0.1) is 7.11 Å². The summed E-state index contributed by atoms with van der Waals surface area (Å²) in [4.78, 5) is 30.4. The van der Waals surface area contributed by atoms with Crippen LogP contribution in [0.4, 0.5) is 5.95 Å². The normalized spacial score (nSPS) is 10.1. The lowest BCUT2D eigenvalue weighted by molar-refractivity contribution is 0.0660. The molecule has 0 aliphatic rings. The second-order valence-corrected chi connectivity index (χ2v) is 3.80. The Morgan fingerprint density at radius 2 is 2.00 bits per heavy atom. The number of carbonyl (C=O) groups excluding carboxylic acids is 1. The minimum atomic E-state index is -1.25. The van der Waals surface area contributed by atoms with Gasteiger partial charge in [-0.2, -0.15) is 4.98 Å². The predicted octanol–water partition coefficient (Wildman–Crippen LogP) is 1.34. The van der Waals surface area contributed by atoms with Gasteiger partial charge in [-0.25, -0.2) is 9.78 Å². The zero-order chi connectivity index (χ0) is 14.7. The third kappa shape index (κ3) is 2.91. The highest BCUT2D eigenvalue weighted by atomic mass is 16.5. The third-order valence-electron chi connectivity index (χ3n) is 2.31. The van der Waals surface area contributed by atoms with Crippen LogP contribution in [0.15, 0.2) is 22.6 Å². The van der Waals surface area contributed by atoms with E-state index >= 15 is 0 Å². The maximum atomic E-state index is 11.8. The Bertz CT molecular complexity index is 665. The Labute approximate surface area is 113 Å². The van der Waals surface area contributed by atoms with E-state index in [1.807, 2.05) is 0 Å². The molecule has 0 saturated carbocycles. The summed E-state index contributed by atoms with van der Waals surface area (Å²) in [6.45, 7) is 1.72. The molecule has 20 heavy (non-hydrogen) atoms. The standard InChI is InChI=1S/C12H11N3O5/c1-6-5-9(19-2)14-12(13-6)15-10(16)7-3-4-8(20-7)11(17)18/h3-5H,1-2H3,(H,17,18)(H,13,14,15,16). The highest BCUT2D eigenvalue weighted by molar-refractivity contribution is 6.02. The second-order valence-electron chi connectivity index (χ2n) is 3.80. The number of carboxylic acids is 1. The van der Waals surface area contributed by atoms with Crippen LogP contribution in [0.2, 0.25) is 0 Å². The number of amides is 1. The van der Waals surface area contributed by atoms with Gasteiger partial charge in [-0.15, -0.1) is 0 Å². The molecule has 0 fully saturated rings. The summed E-state index contributed by atoms with van der Waals surface area (Å²) in [5.74, 6) is -2.02. The molecule has 2 rings (SSSR count). The van der Waals surface area contributed by atoms with Crippen molar-refractivity contribution < 1.29 is 23.8 Å². The average Bonchev–Trinajstić information content (AvgIpc) is 2.87. The first kappa shape index (κ1) is 13.5. The summed E-state index contributed by atoms with van der Waals surface area (Å²) in [7, 11) is 1.44. The zero-order valence-corrected chi connectivity index (χ0v) is 10.7. The minimum Gasteiger partial charge on any atom is -0.481 e. The van der Waals surface area contributed by atoms with Crippen LogP contribution in [-0.2, 0) is 0 Å². The van der Waals surface area contributed by atoms with E-state index in [4.69, 9.17) is 14.3 Å². The Hall–Kier alpha value is -2.90. The first-order valence-corrected chi connectivity index (χ1v) is 5.53. The topological polar surface area (TPSA) is 115 Å². The predicted molar refractivity (Wildman–Crippen MR) is 66.9 cm³/mol. The van der Waals surface area contributed by atoms with Crippen molar-refractivity contribution in [2.24, 2.45) is 0 Å². The lowest BCUT2D eigenvalue weighted by Gasteiger charge is -2.05. The number of rotatable bonds is 4. The molecule has 8 nitrogen and oxygen atoms in total. The van der Waals surface area contributed by atoms with Crippen molar-refractivity contribution in [2.45, 2.75) is 6.92 Å². The van der Waals surface area contributed by atoms with E-state index in [0.29, 0.717) is 11.6 Å². The molecule has 8 heteroatoms. The number of carbonyl (C=O) groups is 2. The van der Waals surface area contributed by atoms with Crippen LogP contribution in [-0.4, -0.2) is 34.1 Å². The number of furan rings is 1. The lowest BCUT2D eigenvalue weighted by Crippen LogP contribution is -2.14. The average molecular weight is 277 g/mol. The fourth-order valence-corrected chi connectivity index (χ4v) is 1.44. The molecule has 2 aromatic heterocycles. The summed E-state index contributed by atoms with van der Waals surface area (Å²) in [5, 5.41) is 11.1. The fourth-order valence-electron chi connectivity index (χ4n) is 1.44. The van der Waals surface area contributed by atoms with E-state index in [1.54, 1.807) is 13.0 Å². The van der Waals surface area contributed by atoms with Gasteiger partial charge in [-0.1, -0.05) is 0 Å². The van der Waals surface area contributed by atoms with Crippen LogP contribution in [0.5, 0.6) is 5.88 Å². The van der Waals surface area contributed by atoms with Crippen molar-refractivity contribution in [1.29, 1.82) is 0 Å².